The van der Waals surface area contributed by atoms with Crippen LogP contribution in [0.4, 0.5) is 0 Å². The minimum Gasteiger partial charge on any atom is -0.469 e. The first-order valence-corrected chi connectivity index (χ1v) is 14.4. The minimum absolute atomic E-state index is 0.0114. The van der Waals surface area contributed by atoms with Crippen LogP contribution in [0.3, 0.4) is 0 Å². The molecule has 5 aliphatic carbocycles. The molecule has 4 saturated carbocycles. The number of hydrogen-bond acceptors (Lipinski definition) is 4. The Kier molecular flexibility index (Phi) is 5.76. The molecule has 0 aromatic rings. The van der Waals surface area contributed by atoms with E-state index in [1.807, 2.05) is 0 Å². The van der Waals surface area contributed by atoms with Crippen molar-refractivity contribution in [3.63, 3.8) is 0 Å². The zero-order valence-electron chi connectivity index (χ0n) is 23.5. The zero-order chi connectivity index (χ0) is 25.8. The molecule has 0 unspecified atom stereocenters. The standard InChI is InChI=1S/C31H50O4/c1-18-11-14-31(26(34)35-8)16-15-29(6)20(24(31)19(18)2)9-10-23-28(5)17-21(32)25(33)27(3,4)22(28)12-13-30(23,29)7/h9,18-19,21-25,32-33H,10-17H2,1-8H3/t18-,19+,21-,22+,23-,24+,25+,28+,29-,30-,31+/m1/s1. The number of aliphatic hydroxyl groups is 2. The largest absolute Gasteiger partial charge is 0.469 e. The van der Waals surface area contributed by atoms with Crippen molar-refractivity contribution in [2.24, 2.45) is 56.7 Å². The van der Waals surface area contributed by atoms with Crippen LogP contribution in [0, 0.1) is 56.7 Å². The second-order valence-corrected chi connectivity index (χ2v) is 14.8. The Morgan fingerprint density at radius 1 is 0.971 bits per heavy atom. The van der Waals surface area contributed by atoms with E-state index in [2.05, 4.69) is 54.5 Å². The van der Waals surface area contributed by atoms with E-state index in [1.54, 1.807) is 12.7 Å². The van der Waals surface area contributed by atoms with E-state index in [0.29, 0.717) is 30.1 Å². The Labute approximate surface area is 213 Å². The van der Waals surface area contributed by atoms with Gasteiger partial charge in [0.15, 0.2) is 0 Å². The summed E-state index contributed by atoms with van der Waals surface area (Å²) in [5.41, 5.74) is 1.03. The van der Waals surface area contributed by atoms with Crippen LogP contribution in [0.25, 0.3) is 0 Å². The molecule has 5 aliphatic rings. The molecule has 0 aromatic heterocycles. The summed E-state index contributed by atoms with van der Waals surface area (Å²) in [6.45, 7) is 16.6. The second-order valence-electron chi connectivity index (χ2n) is 14.8. The second kappa shape index (κ2) is 7.82. The maximum atomic E-state index is 13.4. The van der Waals surface area contributed by atoms with Crippen LogP contribution in [0.2, 0.25) is 0 Å². The highest BCUT2D eigenvalue weighted by molar-refractivity contribution is 5.78. The van der Waals surface area contributed by atoms with E-state index in [0.717, 1.165) is 44.9 Å². The van der Waals surface area contributed by atoms with Gasteiger partial charge in [-0.3, -0.25) is 4.79 Å². The first-order valence-electron chi connectivity index (χ1n) is 14.4. The number of esters is 1. The van der Waals surface area contributed by atoms with Crippen molar-refractivity contribution in [3.8, 4) is 0 Å². The number of aliphatic hydroxyl groups excluding tert-OH is 2. The van der Waals surface area contributed by atoms with Crippen molar-refractivity contribution in [1.82, 2.24) is 0 Å². The van der Waals surface area contributed by atoms with Gasteiger partial charge in [-0.15, -0.1) is 0 Å². The van der Waals surface area contributed by atoms with Crippen LogP contribution in [0.5, 0.6) is 0 Å². The molecule has 0 radical (unpaired) electrons. The van der Waals surface area contributed by atoms with Gasteiger partial charge in [-0.25, -0.2) is 0 Å². The van der Waals surface area contributed by atoms with Gasteiger partial charge in [-0.2, -0.15) is 0 Å². The number of allylic oxidation sites excluding steroid dienone is 2. The molecule has 2 N–H and O–H groups in total. The fraction of sp³-hybridized carbons (Fsp3) is 0.903. The van der Waals surface area contributed by atoms with Gasteiger partial charge in [-0.1, -0.05) is 60.1 Å². The highest BCUT2D eigenvalue weighted by Gasteiger charge is 2.70. The summed E-state index contributed by atoms with van der Waals surface area (Å²) in [6, 6.07) is 0. The molecule has 0 saturated heterocycles. The van der Waals surface area contributed by atoms with Crippen LogP contribution >= 0.6 is 0 Å². The van der Waals surface area contributed by atoms with Crippen LogP contribution in [0.15, 0.2) is 11.6 Å². The average molecular weight is 487 g/mol. The van der Waals surface area contributed by atoms with Gasteiger partial charge < -0.3 is 14.9 Å². The summed E-state index contributed by atoms with van der Waals surface area (Å²) in [5.74, 6) is 2.21. The molecule has 198 valence electrons. The summed E-state index contributed by atoms with van der Waals surface area (Å²) >= 11 is 0. The topological polar surface area (TPSA) is 66.8 Å². The molecule has 0 aromatic carbocycles. The third-order valence-electron chi connectivity index (χ3n) is 13.5. The molecule has 0 spiro atoms. The van der Waals surface area contributed by atoms with Gasteiger partial charge in [0.2, 0.25) is 0 Å². The monoisotopic (exact) mass is 486 g/mol. The summed E-state index contributed by atoms with van der Waals surface area (Å²) in [6.07, 6.45) is 9.19. The SMILES string of the molecule is COC(=O)[C@]12CC[C@@H](C)[C@H](C)[C@H]1C1=CC[C@@H]3[C@@]4(C)C[C@@H](O)[C@H](O)C(C)(C)[C@@H]4CC[C@@]3(C)[C@]1(C)CC2. The number of methoxy groups -OCH3 is 1. The maximum absolute atomic E-state index is 13.4. The summed E-state index contributed by atoms with van der Waals surface area (Å²) < 4.78 is 5.49. The molecule has 0 amide bonds. The Morgan fingerprint density at radius 3 is 2.31 bits per heavy atom. The molecular formula is C31H50O4. The normalized spacial score (nSPS) is 54.9. The number of fused-ring (bicyclic) bond motifs is 7. The van der Waals surface area contributed by atoms with Crippen molar-refractivity contribution < 1.29 is 19.7 Å². The summed E-state index contributed by atoms with van der Waals surface area (Å²) in [7, 11) is 1.57. The molecule has 5 rings (SSSR count). The Bertz CT molecular complexity index is 923. The lowest BCUT2D eigenvalue weighted by atomic mass is 9.33. The molecule has 4 nitrogen and oxygen atoms in total. The van der Waals surface area contributed by atoms with Crippen LogP contribution in [-0.2, 0) is 9.53 Å². The maximum Gasteiger partial charge on any atom is 0.312 e. The smallest absolute Gasteiger partial charge is 0.312 e. The van der Waals surface area contributed by atoms with Gasteiger partial charge in [0.05, 0.1) is 24.7 Å². The van der Waals surface area contributed by atoms with Crippen molar-refractivity contribution in [3.05, 3.63) is 11.6 Å². The molecule has 11 atom stereocenters. The predicted molar refractivity (Wildman–Crippen MR) is 138 cm³/mol. The van der Waals surface area contributed by atoms with Crippen molar-refractivity contribution in [2.45, 2.75) is 112 Å². The van der Waals surface area contributed by atoms with Gasteiger partial charge in [0.1, 0.15) is 0 Å². The zero-order valence-corrected chi connectivity index (χ0v) is 23.5. The van der Waals surface area contributed by atoms with Gasteiger partial charge >= 0.3 is 5.97 Å². The summed E-state index contributed by atoms with van der Waals surface area (Å²) in [5, 5.41) is 22.0. The fourth-order valence-electron chi connectivity index (χ4n) is 11.2. The first-order chi connectivity index (χ1) is 16.2. The number of hydrogen-bond donors (Lipinski definition) is 2. The lowest BCUT2D eigenvalue weighted by Crippen LogP contribution is -2.67. The van der Waals surface area contributed by atoms with Crippen molar-refractivity contribution in [1.29, 1.82) is 0 Å². The Hall–Kier alpha value is -0.870. The Balaban J connectivity index is 1.62. The molecule has 4 fully saturated rings. The third-order valence-corrected chi connectivity index (χ3v) is 13.5. The third kappa shape index (κ3) is 3.02. The number of rotatable bonds is 1. The quantitative estimate of drug-likeness (QED) is 0.345. The minimum atomic E-state index is -0.663. The van der Waals surface area contributed by atoms with Crippen LogP contribution < -0.4 is 0 Å². The number of carbonyl (C=O) groups is 1. The van der Waals surface area contributed by atoms with Gasteiger partial charge in [0, 0.05) is 0 Å². The fourth-order valence-corrected chi connectivity index (χ4v) is 11.2. The molecule has 0 aliphatic heterocycles. The molecule has 35 heavy (non-hydrogen) atoms. The molecule has 4 heteroatoms. The first kappa shape index (κ1) is 25.8. The Morgan fingerprint density at radius 2 is 1.66 bits per heavy atom. The molecular weight excluding hydrogens is 436 g/mol. The van der Waals surface area contributed by atoms with E-state index >= 15 is 0 Å². The van der Waals surface area contributed by atoms with Crippen molar-refractivity contribution >= 4 is 5.97 Å². The van der Waals surface area contributed by atoms with E-state index in [1.165, 1.54) is 0 Å². The lowest BCUT2D eigenvalue weighted by Gasteiger charge is -2.71. The van der Waals surface area contributed by atoms with E-state index in [9.17, 15) is 15.0 Å². The number of ether oxygens (including phenoxy) is 1. The lowest BCUT2D eigenvalue weighted by molar-refractivity contribution is -0.232. The van der Waals surface area contributed by atoms with E-state index in [4.69, 9.17) is 4.74 Å². The van der Waals surface area contributed by atoms with Crippen LogP contribution in [0.1, 0.15) is 99.8 Å². The number of carbonyl (C=O) groups excluding carboxylic acids is 1. The van der Waals surface area contributed by atoms with E-state index in [-0.39, 0.29) is 39.0 Å². The summed E-state index contributed by atoms with van der Waals surface area (Å²) in [4.78, 5) is 13.4. The van der Waals surface area contributed by atoms with Gasteiger partial charge in [-0.05, 0) is 103 Å². The average Bonchev–Trinajstić information content (AvgIpc) is 2.79. The highest BCUT2D eigenvalue weighted by atomic mass is 16.5. The van der Waals surface area contributed by atoms with Crippen molar-refractivity contribution in [2.75, 3.05) is 7.11 Å². The predicted octanol–water partition coefficient (Wildman–Crippen LogP) is 6.15. The van der Waals surface area contributed by atoms with Crippen LogP contribution in [-0.4, -0.2) is 35.5 Å². The van der Waals surface area contributed by atoms with Gasteiger partial charge in [0.25, 0.3) is 0 Å². The molecule has 0 bridgehead atoms. The molecule has 0 heterocycles. The highest BCUT2D eigenvalue weighted by Crippen LogP contribution is 2.75. The van der Waals surface area contributed by atoms with E-state index < -0.39 is 12.2 Å².